The van der Waals surface area contributed by atoms with Gasteiger partial charge in [-0.2, -0.15) is 5.10 Å². The first-order valence-electron chi connectivity index (χ1n) is 7.97. The van der Waals surface area contributed by atoms with Crippen LogP contribution >= 0.6 is 0 Å². The number of nitrogens with zero attached hydrogens (tertiary/aromatic N) is 3. The van der Waals surface area contributed by atoms with Crippen molar-refractivity contribution >= 4 is 11.7 Å². The molecular weight excluding hydrogens is 280 g/mol. The summed E-state index contributed by atoms with van der Waals surface area (Å²) < 4.78 is 7.24. The molecule has 1 aromatic rings. The maximum atomic E-state index is 12.1. The van der Waals surface area contributed by atoms with Crippen molar-refractivity contribution in [3.8, 4) is 5.88 Å². The number of aryl methyl sites for hydroxylation is 1. The lowest BCUT2D eigenvalue weighted by Gasteiger charge is -2.27. The standard InChI is InChI=1S/C16H28N4O2/c1-16(2,3)15(21)17-11-12-13(18-19(4)14(12)22-5)20-9-7-6-8-10-20/h6-11H2,1-5H3,(H,17,21). The lowest BCUT2D eigenvalue weighted by molar-refractivity contribution is -0.128. The normalized spacial score (nSPS) is 15.8. The minimum Gasteiger partial charge on any atom is -0.481 e. The molecule has 2 heterocycles. The third-order valence-electron chi connectivity index (χ3n) is 4.02. The Labute approximate surface area is 132 Å². The molecule has 1 aromatic heterocycles. The van der Waals surface area contributed by atoms with Crippen LogP contribution in [0.5, 0.6) is 5.88 Å². The Morgan fingerprint density at radius 2 is 1.91 bits per heavy atom. The van der Waals surface area contributed by atoms with Gasteiger partial charge in [-0.05, 0) is 19.3 Å². The third kappa shape index (κ3) is 3.54. The van der Waals surface area contributed by atoms with E-state index in [0.29, 0.717) is 6.54 Å². The van der Waals surface area contributed by atoms with Crippen molar-refractivity contribution in [3.63, 3.8) is 0 Å². The van der Waals surface area contributed by atoms with Gasteiger partial charge in [0.25, 0.3) is 0 Å². The number of hydrogen-bond donors (Lipinski definition) is 1. The van der Waals surface area contributed by atoms with Gasteiger partial charge in [0.15, 0.2) is 5.82 Å². The van der Waals surface area contributed by atoms with E-state index in [9.17, 15) is 4.79 Å². The van der Waals surface area contributed by atoms with Gasteiger partial charge in [0.2, 0.25) is 11.8 Å². The molecule has 6 heteroatoms. The number of aromatic nitrogens is 2. The predicted octanol–water partition coefficient (Wildman–Crippen LogP) is 2.08. The van der Waals surface area contributed by atoms with E-state index in [4.69, 9.17) is 4.74 Å². The summed E-state index contributed by atoms with van der Waals surface area (Å²) in [5.41, 5.74) is 0.560. The van der Waals surface area contributed by atoms with E-state index in [-0.39, 0.29) is 5.91 Å². The lowest BCUT2D eigenvalue weighted by Crippen LogP contribution is -2.35. The van der Waals surface area contributed by atoms with Gasteiger partial charge in [-0.25, -0.2) is 4.68 Å². The number of amides is 1. The minimum absolute atomic E-state index is 0.0306. The molecule has 0 aromatic carbocycles. The SMILES string of the molecule is COc1c(CNC(=O)C(C)(C)C)c(N2CCCCC2)nn1C. The molecule has 2 rings (SSSR count). The Balaban J connectivity index is 2.22. The smallest absolute Gasteiger partial charge is 0.225 e. The first-order valence-corrected chi connectivity index (χ1v) is 7.97. The van der Waals surface area contributed by atoms with Crippen LogP contribution in [0.25, 0.3) is 0 Å². The number of hydrogen-bond acceptors (Lipinski definition) is 4. The van der Waals surface area contributed by atoms with Gasteiger partial charge in [-0.15, -0.1) is 0 Å². The zero-order chi connectivity index (χ0) is 16.3. The Bertz CT molecular complexity index is 525. The molecule has 6 nitrogen and oxygen atoms in total. The molecule has 0 aliphatic carbocycles. The van der Waals surface area contributed by atoms with E-state index in [1.165, 1.54) is 19.3 Å². The van der Waals surface area contributed by atoms with Crippen molar-refractivity contribution < 1.29 is 9.53 Å². The van der Waals surface area contributed by atoms with Crippen molar-refractivity contribution in [3.05, 3.63) is 5.56 Å². The quantitative estimate of drug-likeness (QED) is 0.925. The van der Waals surface area contributed by atoms with Crippen LogP contribution in [0.3, 0.4) is 0 Å². The minimum atomic E-state index is -0.402. The van der Waals surface area contributed by atoms with Gasteiger partial charge in [0.1, 0.15) is 0 Å². The molecule has 1 saturated heterocycles. The molecule has 0 saturated carbocycles. The second-order valence-corrected chi connectivity index (χ2v) is 6.92. The van der Waals surface area contributed by atoms with E-state index in [1.54, 1.807) is 11.8 Å². The molecule has 1 amide bonds. The summed E-state index contributed by atoms with van der Waals surface area (Å²) in [4.78, 5) is 14.4. The first kappa shape index (κ1) is 16.6. The molecule has 0 radical (unpaired) electrons. The highest BCUT2D eigenvalue weighted by molar-refractivity contribution is 5.81. The molecule has 1 aliphatic heterocycles. The Kier molecular flexibility index (Phi) is 4.98. The fraction of sp³-hybridized carbons (Fsp3) is 0.750. The number of rotatable bonds is 4. The number of piperidine rings is 1. The molecule has 0 spiro atoms. The third-order valence-corrected chi connectivity index (χ3v) is 4.02. The average molecular weight is 308 g/mol. The van der Waals surface area contributed by atoms with E-state index in [0.717, 1.165) is 30.4 Å². The monoisotopic (exact) mass is 308 g/mol. The lowest BCUT2D eigenvalue weighted by atomic mass is 9.95. The zero-order valence-electron chi connectivity index (χ0n) is 14.4. The van der Waals surface area contributed by atoms with Gasteiger partial charge >= 0.3 is 0 Å². The van der Waals surface area contributed by atoms with Crippen molar-refractivity contribution in [1.82, 2.24) is 15.1 Å². The van der Waals surface area contributed by atoms with Gasteiger partial charge in [0, 0.05) is 25.6 Å². The van der Waals surface area contributed by atoms with Crippen LogP contribution in [0.4, 0.5) is 5.82 Å². The number of nitrogens with one attached hydrogen (secondary N) is 1. The van der Waals surface area contributed by atoms with Crippen LogP contribution in [0, 0.1) is 5.41 Å². The molecular formula is C16H28N4O2. The van der Waals surface area contributed by atoms with Crippen molar-refractivity contribution in [2.24, 2.45) is 12.5 Å². The highest BCUT2D eigenvalue weighted by atomic mass is 16.5. The fourth-order valence-electron chi connectivity index (χ4n) is 2.74. The highest BCUT2D eigenvalue weighted by Crippen LogP contribution is 2.30. The summed E-state index contributed by atoms with van der Waals surface area (Å²) in [6.07, 6.45) is 3.65. The number of ether oxygens (including phenoxy) is 1. The van der Waals surface area contributed by atoms with Crippen LogP contribution in [-0.4, -0.2) is 35.9 Å². The van der Waals surface area contributed by atoms with E-state index < -0.39 is 5.41 Å². The van der Waals surface area contributed by atoms with E-state index >= 15 is 0 Å². The molecule has 22 heavy (non-hydrogen) atoms. The Morgan fingerprint density at radius 3 is 2.45 bits per heavy atom. The number of methoxy groups -OCH3 is 1. The largest absolute Gasteiger partial charge is 0.481 e. The average Bonchev–Trinajstić information content (AvgIpc) is 2.80. The maximum Gasteiger partial charge on any atom is 0.225 e. The van der Waals surface area contributed by atoms with Gasteiger partial charge in [-0.3, -0.25) is 4.79 Å². The number of carbonyl (C=O) groups excluding carboxylic acids is 1. The molecule has 1 fully saturated rings. The molecule has 0 bridgehead atoms. The van der Waals surface area contributed by atoms with E-state index in [2.05, 4.69) is 15.3 Å². The van der Waals surface area contributed by atoms with Crippen molar-refractivity contribution in [2.75, 3.05) is 25.1 Å². The second kappa shape index (κ2) is 6.58. The molecule has 0 atom stereocenters. The van der Waals surface area contributed by atoms with Crippen LogP contribution in [0.1, 0.15) is 45.6 Å². The van der Waals surface area contributed by atoms with Crippen LogP contribution in [-0.2, 0) is 18.4 Å². The summed E-state index contributed by atoms with van der Waals surface area (Å²) in [6, 6.07) is 0. The maximum absolute atomic E-state index is 12.1. The Morgan fingerprint density at radius 1 is 1.27 bits per heavy atom. The van der Waals surface area contributed by atoms with Crippen LogP contribution in [0.2, 0.25) is 0 Å². The molecule has 1 aliphatic rings. The van der Waals surface area contributed by atoms with Crippen molar-refractivity contribution in [2.45, 2.75) is 46.6 Å². The second-order valence-electron chi connectivity index (χ2n) is 6.92. The first-order chi connectivity index (χ1) is 10.3. The van der Waals surface area contributed by atoms with Gasteiger partial charge < -0.3 is 15.0 Å². The predicted molar refractivity (Wildman–Crippen MR) is 87.1 cm³/mol. The number of anilines is 1. The summed E-state index contributed by atoms with van der Waals surface area (Å²) in [6.45, 7) is 8.21. The Hall–Kier alpha value is -1.72. The van der Waals surface area contributed by atoms with Crippen LogP contribution in [0.15, 0.2) is 0 Å². The highest BCUT2D eigenvalue weighted by Gasteiger charge is 2.26. The molecule has 124 valence electrons. The molecule has 0 unspecified atom stereocenters. The summed E-state index contributed by atoms with van der Waals surface area (Å²) in [5.74, 6) is 1.69. The topological polar surface area (TPSA) is 59.4 Å². The van der Waals surface area contributed by atoms with E-state index in [1.807, 2.05) is 27.8 Å². The van der Waals surface area contributed by atoms with Crippen molar-refractivity contribution in [1.29, 1.82) is 0 Å². The van der Waals surface area contributed by atoms with Gasteiger partial charge in [-0.1, -0.05) is 20.8 Å². The summed E-state index contributed by atoms with van der Waals surface area (Å²) >= 11 is 0. The van der Waals surface area contributed by atoms with Crippen LogP contribution < -0.4 is 15.0 Å². The molecule has 1 N–H and O–H groups in total. The fourth-order valence-corrected chi connectivity index (χ4v) is 2.74. The summed E-state index contributed by atoms with van der Waals surface area (Å²) in [5, 5.41) is 7.62. The zero-order valence-corrected chi connectivity index (χ0v) is 14.4. The summed E-state index contributed by atoms with van der Waals surface area (Å²) in [7, 11) is 3.52. The number of carbonyl (C=O) groups is 1. The van der Waals surface area contributed by atoms with Gasteiger partial charge in [0.05, 0.1) is 19.2 Å².